The highest BCUT2D eigenvalue weighted by molar-refractivity contribution is 7.92. The number of nitrogens with one attached hydrogen (secondary N) is 2. The van der Waals surface area contributed by atoms with Gasteiger partial charge in [0.05, 0.1) is 27.5 Å². The molecule has 0 unspecified atom stereocenters. The van der Waals surface area contributed by atoms with E-state index in [0.29, 0.717) is 5.56 Å². The molecule has 0 aromatic heterocycles. The summed E-state index contributed by atoms with van der Waals surface area (Å²) in [6, 6.07) is 9.56. The predicted molar refractivity (Wildman–Crippen MR) is 111 cm³/mol. The summed E-state index contributed by atoms with van der Waals surface area (Å²) < 4.78 is 53.1. The Labute approximate surface area is 166 Å². The van der Waals surface area contributed by atoms with Gasteiger partial charge in [-0.05, 0) is 47.7 Å². The number of halogens is 1. The predicted octanol–water partition coefficient (Wildman–Crippen LogP) is 4.12. The number of hydrogen-bond acceptors (Lipinski definition) is 4. The molecule has 0 aliphatic rings. The molecular weight excluding hydrogens is 408 g/mol. The van der Waals surface area contributed by atoms with Crippen molar-refractivity contribution in [2.75, 3.05) is 15.7 Å². The van der Waals surface area contributed by atoms with E-state index in [2.05, 4.69) is 9.44 Å². The molecule has 6 nitrogen and oxygen atoms in total. The van der Waals surface area contributed by atoms with E-state index in [0.717, 1.165) is 11.8 Å². The van der Waals surface area contributed by atoms with Crippen LogP contribution in [0.15, 0.2) is 41.3 Å². The summed E-state index contributed by atoms with van der Waals surface area (Å²) in [6.45, 7) is 7.76. The van der Waals surface area contributed by atoms with Crippen LogP contribution < -0.4 is 9.44 Å². The van der Waals surface area contributed by atoms with E-state index in [1.165, 1.54) is 18.2 Å². The van der Waals surface area contributed by atoms with E-state index < -0.39 is 20.0 Å². The first-order valence-corrected chi connectivity index (χ1v) is 11.9. The summed E-state index contributed by atoms with van der Waals surface area (Å²) in [5.74, 6) is 0. The van der Waals surface area contributed by atoms with Gasteiger partial charge in [0.15, 0.2) is 0 Å². The molecule has 0 heterocycles. The Bertz CT molecular complexity index is 1070. The summed E-state index contributed by atoms with van der Waals surface area (Å²) in [5.41, 5.74) is 1.74. The molecule has 0 fully saturated rings. The molecule has 0 saturated carbocycles. The molecule has 2 N–H and O–H groups in total. The molecule has 0 aliphatic heterocycles. The average Bonchev–Trinajstić information content (AvgIpc) is 2.47. The molecule has 0 spiro atoms. The van der Waals surface area contributed by atoms with E-state index >= 15 is 0 Å². The van der Waals surface area contributed by atoms with Crippen molar-refractivity contribution < 1.29 is 16.8 Å². The first-order chi connectivity index (χ1) is 12.2. The van der Waals surface area contributed by atoms with E-state index in [4.69, 9.17) is 11.6 Å². The monoisotopic (exact) mass is 430 g/mol. The van der Waals surface area contributed by atoms with Crippen LogP contribution in [0.4, 0.5) is 11.4 Å². The molecule has 0 radical (unpaired) electrons. The van der Waals surface area contributed by atoms with Crippen molar-refractivity contribution in [1.29, 1.82) is 0 Å². The van der Waals surface area contributed by atoms with Gasteiger partial charge in [0.1, 0.15) is 0 Å². The summed E-state index contributed by atoms with van der Waals surface area (Å²) >= 11 is 6.06. The molecule has 0 amide bonds. The Morgan fingerprint density at radius 2 is 1.56 bits per heavy atom. The lowest BCUT2D eigenvalue weighted by molar-refractivity contribution is 0.584. The van der Waals surface area contributed by atoms with Gasteiger partial charge in [-0.15, -0.1) is 0 Å². The Balaban J connectivity index is 2.38. The first kappa shape index (κ1) is 21.5. The van der Waals surface area contributed by atoms with Crippen molar-refractivity contribution in [3.8, 4) is 0 Å². The van der Waals surface area contributed by atoms with Crippen molar-refractivity contribution in [2.45, 2.75) is 38.0 Å². The van der Waals surface area contributed by atoms with Gasteiger partial charge in [0, 0.05) is 0 Å². The number of sulfonamides is 2. The zero-order valence-electron chi connectivity index (χ0n) is 15.8. The third-order valence-corrected chi connectivity index (χ3v) is 6.29. The second-order valence-corrected chi connectivity index (χ2v) is 11.2. The van der Waals surface area contributed by atoms with Crippen LogP contribution in [0.1, 0.15) is 31.9 Å². The fourth-order valence-electron chi connectivity index (χ4n) is 2.43. The molecule has 0 saturated heterocycles. The van der Waals surface area contributed by atoms with Gasteiger partial charge in [-0.2, -0.15) is 0 Å². The maximum atomic E-state index is 12.9. The van der Waals surface area contributed by atoms with Gasteiger partial charge >= 0.3 is 0 Å². The lowest BCUT2D eigenvalue weighted by Gasteiger charge is -2.21. The normalized spacial score (nSPS) is 12.7. The lowest BCUT2D eigenvalue weighted by atomic mass is 9.87. The molecule has 0 aliphatic carbocycles. The van der Waals surface area contributed by atoms with Gasteiger partial charge < -0.3 is 0 Å². The van der Waals surface area contributed by atoms with Gasteiger partial charge in [-0.3, -0.25) is 9.44 Å². The lowest BCUT2D eigenvalue weighted by Crippen LogP contribution is -2.17. The number of benzene rings is 2. The van der Waals surface area contributed by atoms with E-state index in [1.807, 2.05) is 26.8 Å². The van der Waals surface area contributed by atoms with Gasteiger partial charge in [-0.1, -0.05) is 44.5 Å². The molecule has 9 heteroatoms. The quantitative estimate of drug-likeness (QED) is 0.746. The number of hydrogen-bond donors (Lipinski definition) is 2. The molecule has 0 atom stereocenters. The van der Waals surface area contributed by atoms with Crippen LogP contribution in [0, 0.1) is 6.92 Å². The minimum atomic E-state index is -3.84. The molecular formula is C18H23ClN2O4S2. The van der Waals surface area contributed by atoms with Crippen molar-refractivity contribution in [2.24, 2.45) is 0 Å². The van der Waals surface area contributed by atoms with Gasteiger partial charge in [0.2, 0.25) is 10.0 Å². The van der Waals surface area contributed by atoms with Crippen LogP contribution in [0.25, 0.3) is 0 Å². The first-order valence-electron chi connectivity index (χ1n) is 8.10. The Morgan fingerprint density at radius 1 is 0.926 bits per heavy atom. The average molecular weight is 431 g/mol. The van der Waals surface area contributed by atoms with Crippen LogP contribution in [-0.4, -0.2) is 23.1 Å². The zero-order chi connectivity index (χ0) is 20.6. The molecule has 27 heavy (non-hydrogen) atoms. The highest BCUT2D eigenvalue weighted by atomic mass is 35.5. The standard InChI is InChI=1S/C18H23ClN2O4S2/c1-12-6-7-13(18(2,3)4)10-17(12)27(24,25)20-14-8-9-16(15(19)11-14)21-26(5,22)23/h6-11,20-21H,1-5H3. The zero-order valence-corrected chi connectivity index (χ0v) is 18.2. The van der Waals surface area contributed by atoms with Crippen molar-refractivity contribution in [3.05, 3.63) is 52.5 Å². The fourth-order valence-corrected chi connectivity index (χ4v) is 4.61. The Hall–Kier alpha value is -1.77. The molecule has 2 aromatic rings. The second-order valence-electron chi connectivity index (χ2n) is 7.40. The van der Waals surface area contributed by atoms with Gasteiger partial charge in [-0.25, -0.2) is 16.8 Å². The SMILES string of the molecule is Cc1ccc(C(C)(C)C)cc1S(=O)(=O)Nc1ccc(NS(C)(=O)=O)c(Cl)c1. The Kier molecular flexibility index (Phi) is 5.85. The molecule has 2 rings (SSSR count). The third-order valence-electron chi connectivity index (χ3n) is 3.86. The molecule has 0 bridgehead atoms. The number of anilines is 2. The third kappa shape index (κ3) is 5.60. The van der Waals surface area contributed by atoms with E-state index in [1.54, 1.807) is 19.1 Å². The van der Waals surface area contributed by atoms with Crippen LogP contribution in [0.5, 0.6) is 0 Å². The number of aryl methyl sites for hydroxylation is 1. The summed E-state index contributed by atoms with van der Waals surface area (Å²) in [6.07, 6.45) is 1.00. The van der Waals surface area contributed by atoms with E-state index in [-0.39, 0.29) is 26.7 Å². The smallest absolute Gasteiger partial charge is 0.262 e. The maximum absolute atomic E-state index is 12.9. The summed E-state index contributed by atoms with van der Waals surface area (Å²) in [7, 11) is -7.33. The van der Waals surface area contributed by atoms with Gasteiger partial charge in [0.25, 0.3) is 10.0 Å². The van der Waals surface area contributed by atoms with E-state index in [9.17, 15) is 16.8 Å². The molecule has 2 aromatic carbocycles. The highest BCUT2D eigenvalue weighted by Gasteiger charge is 2.22. The van der Waals surface area contributed by atoms with Crippen LogP contribution in [-0.2, 0) is 25.5 Å². The minimum Gasteiger partial charge on any atom is -0.282 e. The van der Waals surface area contributed by atoms with Crippen LogP contribution in [0.3, 0.4) is 0 Å². The maximum Gasteiger partial charge on any atom is 0.262 e. The summed E-state index contributed by atoms with van der Waals surface area (Å²) in [5, 5.41) is 0.0841. The second kappa shape index (κ2) is 7.33. The van der Waals surface area contributed by atoms with Crippen molar-refractivity contribution >= 4 is 43.0 Å². The topological polar surface area (TPSA) is 92.3 Å². The highest BCUT2D eigenvalue weighted by Crippen LogP contribution is 2.30. The minimum absolute atomic E-state index is 0.0841. The van der Waals surface area contributed by atoms with Crippen molar-refractivity contribution in [1.82, 2.24) is 0 Å². The van der Waals surface area contributed by atoms with Crippen LogP contribution in [0.2, 0.25) is 5.02 Å². The number of rotatable bonds is 5. The summed E-state index contributed by atoms with van der Waals surface area (Å²) in [4.78, 5) is 0.185. The van der Waals surface area contributed by atoms with Crippen LogP contribution >= 0.6 is 11.6 Å². The van der Waals surface area contributed by atoms with Crippen molar-refractivity contribution in [3.63, 3.8) is 0 Å². The largest absolute Gasteiger partial charge is 0.282 e. The Morgan fingerprint density at radius 3 is 2.07 bits per heavy atom. The fraction of sp³-hybridized carbons (Fsp3) is 0.333. The molecule has 148 valence electrons.